The number of rotatable bonds is 7. The molecule has 41 heavy (non-hydrogen) atoms. The number of halogens is 3. The molecule has 0 radical (unpaired) electrons. The Kier molecular flexibility index (Phi) is 9.85. The van der Waals surface area contributed by atoms with E-state index < -0.39 is 12.1 Å². The van der Waals surface area contributed by atoms with E-state index in [1.54, 1.807) is 0 Å². The van der Waals surface area contributed by atoms with Crippen molar-refractivity contribution in [2.75, 3.05) is 26.2 Å². The van der Waals surface area contributed by atoms with Crippen LogP contribution < -0.4 is 5.56 Å². The van der Waals surface area contributed by atoms with Gasteiger partial charge in [0.1, 0.15) is 5.82 Å². The maximum Gasteiger partial charge on any atom is 0.490 e. The molecule has 0 spiro atoms. The van der Waals surface area contributed by atoms with Gasteiger partial charge in [0, 0.05) is 38.9 Å². The lowest BCUT2D eigenvalue weighted by Crippen LogP contribution is -2.48. The van der Waals surface area contributed by atoms with Gasteiger partial charge in [0.05, 0.1) is 29.2 Å². The number of piperazine rings is 1. The van der Waals surface area contributed by atoms with Crippen molar-refractivity contribution in [2.24, 2.45) is 0 Å². The number of fused-ring (bicyclic) bond motifs is 1. The van der Waals surface area contributed by atoms with Crippen molar-refractivity contribution in [2.45, 2.75) is 38.7 Å². The van der Waals surface area contributed by atoms with Crippen LogP contribution in [0.25, 0.3) is 10.9 Å². The Balaban J connectivity index is 0.000000493. The number of hydrogen-bond acceptors (Lipinski definition) is 6. The minimum absolute atomic E-state index is 0.0386. The van der Waals surface area contributed by atoms with E-state index in [9.17, 15) is 18.0 Å². The molecule has 1 fully saturated rings. The highest BCUT2D eigenvalue weighted by Crippen LogP contribution is 2.26. The van der Waals surface area contributed by atoms with E-state index in [2.05, 4.69) is 39.9 Å². The van der Waals surface area contributed by atoms with Gasteiger partial charge in [0.15, 0.2) is 0 Å². The van der Waals surface area contributed by atoms with Crippen molar-refractivity contribution in [1.82, 2.24) is 24.3 Å². The minimum atomic E-state index is -5.08. The molecule has 1 aliphatic heterocycles. The summed E-state index contributed by atoms with van der Waals surface area (Å²) in [4.78, 5) is 37.0. The third-order valence-corrected chi connectivity index (χ3v) is 6.96. The van der Waals surface area contributed by atoms with Crippen molar-refractivity contribution >= 4 is 16.9 Å². The van der Waals surface area contributed by atoms with Gasteiger partial charge in [0.2, 0.25) is 0 Å². The average molecular weight is 568 g/mol. The second kappa shape index (κ2) is 13.5. The monoisotopic (exact) mass is 567 g/mol. The first-order valence-electron chi connectivity index (χ1n) is 13.4. The zero-order valence-corrected chi connectivity index (χ0v) is 22.7. The first-order valence-corrected chi connectivity index (χ1v) is 13.4. The number of aliphatic carboxylic acids is 1. The molecular weight excluding hydrogens is 535 g/mol. The number of nitrogens with zero attached hydrogens (tertiary/aromatic N) is 5. The smallest absolute Gasteiger partial charge is 0.475 e. The minimum Gasteiger partial charge on any atom is -0.475 e. The van der Waals surface area contributed by atoms with Crippen LogP contribution in [0.3, 0.4) is 0 Å². The maximum absolute atomic E-state index is 13.6. The summed E-state index contributed by atoms with van der Waals surface area (Å²) in [5.41, 5.74) is 3.03. The molecule has 1 aliphatic rings. The van der Waals surface area contributed by atoms with Gasteiger partial charge < -0.3 is 5.11 Å². The molecule has 3 heterocycles. The summed E-state index contributed by atoms with van der Waals surface area (Å²) in [6, 6.07) is 24.1. The summed E-state index contributed by atoms with van der Waals surface area (Å²) in [7, 11) is 0. The van der Waals surface area contributed by atoms with Crippen LogP contribution in [0, 0.1) is 0 Å². The molecular formula is C30H32F3N5O3. The molecule has 0 saturated carbocycles. The molecule has 216 valence electrons. The van der Waals surface area contributed by atoms with Crippen LogP contribution in [0.4, 0.5) is 13.2 Å². The van der Waals surface area contributed by atoms with Crippen molar-refractivity contribution in [3.63, 3.8) is 0 Å². The maximum atomic E-state index is 13.6. The van der Waals surface area contributed by atoms with Gasteiger partial charge in [-0.3, -0.25) is 24.1 Å². The molecule has 1 unspecified atom stereocenters. The van der Waals surface area contributed by atoms with E-state index in [0.717, 1.165) is 61.7 Å². The molecule has 5 rings (SSSR count). The molecule has 4 aromatic rings. The van der Waals surface area contributed by atoms with Crippen LogP contribution in [0.15, 0.2) is 83.8 Å². The van der Waals surface area contributed by atoms with Crippen LogP contribution in [-0.2, 0) is 17.9 Å². The molecule has 1 atom stereocenters. The number of carboxylic acid groups (broad SMARTS) is 1. The van der Waals surface area contributed by atoms with Gasteiger partial charge >= 0.3 is 12.1 Å². The topological polar surface area (TPSA) is 91.6 Å². The number of carboxylic acids is 1. The Morgan fingerprint density at radius 2 is 1.56 bits per heavy atom. The summed E-state index contributed by atoms with van der Waals surface area (Å²) in [6.07, 6.45) is -2.32. The van der Waals surface area contributed by atoms with E-state index in [1.807, 2.05) is 65.4 Å². The summed E-state index contributed by atoms with van der Waals surface area (Å²) < 4.78 is 33.6. The highest BCUT2D eigenvalue weighted by atomic mass is 19.4. The summed E-state index contributed by atoms with van der Waals surface area (Å²) >= 11 is 0. The summed E-state index contributed by atoms with van der Waals surface area (Å²) in [6.45, 7) is 7.44. The Morgan fingerprint density at radius 3 is 2.17 bits per heavy atom. The number of benzene rings is 2. The van der Waals surface area contributed by atoms with Crippen LogP contribution in [-0.4, -0.2) is 67.8 Å². The number of pyridine rings is 1. The van der Waals surface area contributed by atoms with Gasteiger partial charge in [-0.2, -0.15) is 13.2 Å². The van der Waals surface area contributed by atoms with E-state index in [0.29, 0.717) is 11.9 Å². The van der Waals surface area contributed by atoms with Crippen molar-refractivity contribution in [3.05, 3.63) is 106 Å². The van der Waals surface area contributed by atoms with Crippen LogP contribution in [0.1, 0.15) is 36.5 Å². The molecule has 11 heteroatoms. The van der Waals surface area contributed by atoms with Gasteiger partial charge in [-0.15, -0.1) is 0 Å². The third-order valence-electron chi connectivity index (χ3n) is 6.96. The molecule has 0 amide bonds. The zero-order valence-electron chi connectivity index (χ0n) is 22.7. The number of carbonyl (C=O) groups is 1. The van der Waals surface area contributed by atoms with E-state index in [1.165, 1.54) is 0 Å². The quantitative estimate of drug-likeness (QED) is 0.345. The molecule has 8 nitrogen and oxygen atoms in total. The fourth-order valence-electron chi connectivity index (χ4n) is 4.92. The Morgan fingerprint density at radius 1 is 0.927 bits per heavy atom. The molecule has 1 N–H and O–H groups in total. The zero-order chi connectivity index (χ0) is 29.4. The van der Waals surface area contributed by atoms with Gasteiger partial charge in [-0.1, -0.05) is 55.5 Å². The van der Waals surface area contributed by atoms with Crippen LogP contribution >= 0.6 is 0 Å². The van der Waals surface area contributed by atoms with Crippen molar-refractivity contribution < 1.29 is 23.1 Å². The highest BCUT2D eigenvalue weighted by molar-refractivity contribution is 5.77. The predicted octanol–water partition coefficient (Wildman–Crippen LogP) is 4.74. The first kappa shape index (κ1) is 29.9. The Labute approximate surface area is 235 Å². The standard InChI is InChI=1S/C28H31N5O.C2HF3O2/c1-2-26(32-18-16-31(17-19-32)21-23-12-8-9-15-29-23)27-30-25-14-7-6-13-24(25)28(34)33(27)20-22-10-4-3-5-11-22;3-2(4,5)1(6)7/h3-15,26H,2,16-21H2,1H3;(H,6,7). The Hall–Kier alpha value is -4.09. The summed E-state index contributed by atoms with van der Waals surface area (Å²) in [5.74, 6) is -1.89. The van der Waals surface area contributed by atoms with E-state index >= 15 is 0 Å². The lowest BCUT2D eigenvalue weighted by atomic mass is 10.1. The lowest BCUT2D eigenvalue weighted by Gasteiger charge is -2.39. The number of aromatic nitrogens is 3. The molecule has 0 aliphatic carbocycles. The molecule has 1 saturated heterocycles. The van der Waals surface area contributed by atoms with Crippen LogP contribution in [0.2, 0.25) is 0 Å². The molecule has 2 aromatic carbocycles. The second-order valence-corrected chi connectivity index (χ2v) is 9.72. The van der Waals surface area contributed by atoms with Gasteiger partial charge in [-0.25, -0.2) is 9.78 Å². The first-order chi connectivity index (χ1) is 19.7. The average Bonchev–Trinajstić information content (AvgIpc) is 2.97. The molecule has 2 aromatic heterocycles. The predicted molar refractivity (Wildman–Crippen MR) is 149 cm³/mol. The second-order valence-electron chi connectivity index (χ2n) is 9.72. The highest BCUT2D eigenvalue weighted by Gasteiger charge is 2.38. The fourth-order valence-corrected chi connectivity index (χ4v) is 4.92. The number of hydrogen-bond donors (Lipinski definition) is 1. The third kappa shape index (κ3) is 7.77. The van der Waals surface area contributed by atoms with Crippen molar-refractivity contribution in [1.29, 1.82) is 0 Å². The summed E-state index contributed by atoms with van der Waals surface area (Å²) in [5, 5.41) is 7.80. The lowest BCUT2D eigenvalue weighted by molar-refractivity contribution is -0.192. The fraction of sp³-hybridized carbons (Fsp3) is 0.333. The largest absolute Gasteiger partial charge is 0.490 e. The molecule has 0 bridgehead atoms. The Bertz CT molecular complexity index is 1490. The van der Waals surface area contributed by atoms with E-state index in [-0.39, 0.29) is 11.6 Å². The van der Waals surface area contributed by atoms with E-state index in [4.69, 9.17) is 14.9 Å². The van der Waals surface area contributed by atoms with Gasteiger partial charge in [0.25, 0.3) is 5.56 Å². The normalized spacial score (nSPS) is 15.2. The number of alkyl halides is 3. The van der Waals surface area contributed by atoms with Gasteiger partial charge in [-0.05, 0) is 36.2 Å². The SMILES string of the molecule is CCC(c1nc2ccccc2c(=O)n1Cc1ccccc1)N1CCN(Cc2ccccn2)CC1.O=C(O)C(F)(F)F. The number of para-hydroxylation sites is 1. The van der Waals surface area contributed by atoms with Crippen LogP contribution in [0.5, 0.6) is 0 Å². The van der Waals surface area contributed by atoms with Crippen molar-refractivity contribution in [3.8, 4) is 0 Å².